The van der Waals surface area contributed by atoms with Crippen LogP contribution in [-0.2, 0) is 9.59 Å². The summed E-state index contributed by atoms with van der Waals surface area (Å²) in [5.74, 6) is -1.44. The van der Waals surface area contributed by atoms with E-state index in [9.17, 15) is 19.1 Å². The van der Waals surface area contributed by atoms with Gasteiger partial charge in [-0.1, -0.05) is 28.8 Å². The van der Waals surface area contributed by atoms with Crippen LogP contribution in [0.2, 0.25) is 0 Å². The van der Waals surface area contributed by atoms with Crippen molar-refractivity contribution >= 4 is 33.5 Å². The van der Waals surface area contributed by atoms with Gasteiger partial charge < -0.3 is 10.4 Å². The van der Waals surface area contributed by atoms with Crippen LogP contribution in [0.5, 0.6) is 0 Å². The van der Waals surface area contributed by atoms with E-state index in [0.29, 0.717) is 16.8 Å². The minimum Gasteiger partial charge on any atom is -0.480 e. The number of hydrogen-bond acceptors (Lipinski definition) is 3. The van der Waals surface area contributed by atoms with Crippen molar-refractivity contribution < 1.29 is 19.1 Å². The van der Waals surface area contributed by atoms with E-state index in [1.54, 1.807) is 11.0 Å². The number of anilines is 1. The number of fused-ring (bicyclic) bond motifs is 1. The second kappa shape index (κ2) is 7.19. The van der Waals surface area contributed by atoms with Gasteiger partial charge >= 0.3 is 5.97 Å². The summed E-state index contributed by atoms with van der Waals surface area (Å²) in [7, 11) is 0. The number of nitrogens with one attached hydrogen (secondary N) is 1. The fraction of sp³-hybridized carbons (Fsp3) is 0.529. The second-order valence-electron chi connectivity index (χ2n) is 6.55. The van der Waals surface area contributed by atoms with Crippen LogP contribution in [0.3, 0.4) is 0 Å². The van der Waals surface area contributed by atoms with Crippen LogP contribution in [0.4, 0.5) is 10.1 Å². The Morgan fingerprint density at radius 3 is 2.79 bits per heavy atom. The average Bonchev–Trinajstić information content (AvgIpc) is 2.89. The summed E-state index contributed by atoms with van der Waals surface area (Å²) in [4.78, 5) is 25.7. The van der Waals surface area contributed by atoms with E-state index >= 15 is 0 Å². The number of likely N-dealkylation sites (tertiary alicyclic amines) is 1. The van der Waals surface area contributed by atoms with E-state index in [1.165, 1.54) is 12.1 Å². The quantitative estimate of drug-likeness (QED) is 0.816. The Morgan fingerprint density at radius 1 is 1.33 bits per heavy atom. The second-order valence-corrected chi connectivity index (χ2v) is 7.46. The molecule has 2 N–H and O–H groups in total. The number of carbonyl (C=O) groups is 2. The highest BCUT2D eigenvalue weighted by molar-refractivity contribution is 9.10. The van der Waals surface area contributed by atoms with Gasteiger partial charge in [-0.15, -0.1) is 0 Å². The predicted molar refractivity (Wildman–Crippen MR) is 91.2 cm³/mol. The number of nitrogens with zero attached hydrogens (tertiary/aromatic N) is 1. The Kier molecular flexibility index (Phi) is 5.20. The summed E-state index contributed by atoms with van der Waals surface area (Å²) in [6.45, 7) is -0.0202. The van der Waals surface area contributed by atoms with E-state index in [1.807, 2.05) is 0 Å². The summed E-state index contributed by atoms with van der Waals surface area (Å²) in [5, 5.41) is 12.0. The van der Waals surface area contributed by atoms with Gasteiger partial charge in [0, 0.05) is 10.5 Å². The SMILES string of the molecule is O=C(CN1C(C(=O)O)CC2CCCCC21)Nc1ccc(Br)cc1F. The first-order chi connectivity index (χ1) is 11.5. The standard InChI is InChI=1S/C17H20BrFN2O3/c18-11-5-6-13(12(19)8-11)20-16(22)9-21-14-4-2-1-3-10(14)7-15(21)17(23)24/h5-6,8,10,14-15H,1-4,7,9H2,(H,20,22)(H,23,24). The molecule has 3 atom stereocenters. The monoisotopic (exact) mass is 398 g/mol. The Hall–Kier alpha value is -1.47. The number of rotatable bonds is 4. The zero-order chi connectivity index (χ0) is 17.3. The molecule has 1 aliphatic heterocycles. The first kappa shape index (κ1) is 17.4. The number of carbonyl (C=O) groups excluding carboxylic acids is 1. The third-order valence-corrected chi connectivity index (χ3v) is 5.53. The largest absolute Gasteiger partial charge is 0.480 e. The first-order valence-electron chi connectivity index (χ1n) is 8.19. The fourth-order valence-corrected chi connectivity index (χ4v) is 4.30. The highest BCUT2D eigenvalue weighted by atomic mass is 79.9. The van der Waals surface area contributed by atoms with Gasteiger partial charge in [-0.2, -0.15) is 0 Å². The number of halogens is 2. The molecule has 130 valence electrons. The van der Waals surface area contributed by atoms with Crippen LogP contribution in [0.25, 0.3) is 0 Å². The van der Waals surface area contributed by atoms with E-state index < -0.39 is 17.8 Å². The van der Waals surface area contributed by atoms with E-state index in [2.05, 4.69) is 21.2 Å². The number of aliphatic carboxylic acids is 1. The molecule has 24 heavy (non-hydrogen) atoms. The molecule has 1 aromatic carbocycles. The van der Waals surface area contributed by atoms with E-state index in [0.717, 1.165) is 25.7 Å². The Labute approximate surface area is 148 Å². The lowest BCUT2D eigenvalue weighted by atomic mass is 9.85. The lowest BCUT2D eigenvalue weighted by molar-refractivity contribution is -0.143. The van der Waals surface area contributed by atoms with Gasteiger partial charge in [-0.05, 0) is 43.4 Å². The van der Waals surface area contributed by atoms with Crippen LogP contribution >= 0.6 is 15.9 Å². The lowest BCUT2D eigenvalue weighted by Crippen LogP contribution is -2.46. The van der Waals surface area contributed by atoms with Crippen molar-refractivity contribution in [3.63, 3.8) is 0 Å². The minimum atomic E-state index is -0.882. The Bertz CT molecular complexity index is 655. The van der Waals surface area contributed by atoms with E-state index in [4.69, 9.17) is 0 Å². The molecule has 2 aliphatic rings. The zero-order valence-electron chi connectivity index (χ0n) is 13.2. The minimum absolute atomic E-state index is 0.0202. The number of hydrogen-bond donors (Lipinski definition) is 2. The van der Waals surface area contributed by atoms with Gasteiger partial charge in [-0.25, -0.2) is 4.39 Å². The molecule has 1 aromatic rings. The van der Waals surface area contributed by atoms with Crippen LogP contribution in [0, 0.1) is 11.7 Å². The number of carboxylic acids is 1. The van der Waals surface area contributed by atoms with Gasteiger partial charge in [0.15, 0.2) is 0 Å². The summed E-state index contributed by atoms with van der Waals surface area (Å²) < 4.78 is 14.4. The molecule has 1 saturated carbocycles. The highest BCUT2D eigenvalue weighted by Gasteiger charge is 2.45. The molecular weight excluding hydrogens is 379 g/mol. The van der Waals surface area contributed by atoms with Gasteiger partial charge in [-0.3, -0.25) is 14.5 Å². The van der Waals surface area contributed by atoms with Gasteiger partial charge in [0.1, 0.15) is 11.9 Å². The third-order valence-electron chi connectivity index (χ3n) is 5.04. The van der Waals surface area contributed by atoms with Crippen molar-refractivity contribution in [1.29, 1.82) is 0 Å². The summed E-state index contributed by atoms with van der Waals surface area (Å²) in [6, 6.07) is 3.92. The fourth-order valence-electron chi connectivity index (χ4n) is 3.97. The topological polar surface area (TPSA) is 69.6 Å². The molecule has 7 heteroatoms. The molecule has 0 spiro atoms. The number of benzene rings is 1. The smallest absolute Gasteiger partial charge is 0.320 e. The van der Waals surface area contributed by atoms with Gasteiger partial charge in [0.25, 0.3) is 0 Å². The van der Waals surface area contributed by atoms with Crippen LogP contribution in [0.1, 0.15) is 32.1 Å². The number of carboxylic acid groups (broad SMARTS) is 1. The van der Waals surface area contributed by atoms with Crippen molar-refractivity contribution in [2.75, 3.05) is 11.9 Å². The average molecular weight is 399 g/mol. The van der Waals surface area contributed by atoms with Crippen molar-refractivity contribution in [3.8, 4) is 0 Å². The molecule has 0 bridgehead atoms. The first-order valence-corrected chi connectivity index (χ1v) is 8.98. The molecule has 1 saturated heterocycles. The molecule has 0 aromatic heterocycles. The zero-order valence-corrected chi connectivity index (χ0v) is 14.8. The molecule has 2 fully saturated rings. The molecule has 3 rings (SSSR count). The summed E-state index contributed by atoms with van der Waals surface area (Å²) >= 11 is 3.17. The molecule has 3 unspecified atom stereocenters. The lowest BCUT2D eigenvalue weighted by Gasteiger charge is -2.32. The molecule has 0 radical (unpaired) electrons. The molecule has 1 aliphatic carbocycles. The van der Waals surface area contributed by atoms with Crippen molar-refractivity contribution in [3.05, 3.63) is 28.5 Å². The van der Waals surface area contributed by atoms with Crippen LogP contribution in [0.15, 0.2) is 22.7 Å². The van der Waals surface area contributed by atoms with Gasteiger partial charge in [0.05, 0.1) is 12.2 Å². The molecule has 1 heterocycles. The Morgan fingerprint density at radius 2 is 2.08 bits per heavy atom. The maximum Gasteiger partial charge on any atom is 0.320 e. The highest BCUT2D eigenvalue weighted by Crippen LogP contribution is 2.39. The molecule has 1 amide bonds. The maximum absolute atomic E-state index is 13.8. The normalized spacial score (nSPS) is 26.8. The van der Waals surface area contributed by atoms with Crippen LogP contribution in [-0.4, -0.2) is 40.5 Å². The van der Waals surface area contributed by atoms with Crippen molar-refractivity contribution in [1.82, 2.24) is 4.90 Å². The van der Waals surface area contributed by atoms with Crippen molar-refractivity contribution in [2.24, 2.45) is 5.92 Å². The molecular formula is C17H20BrFN2O3. The van der Waals surface area contributed by atoms with Crippen LogP contribution < -0.4 is 5.32 Å². The summed E-state index contributed by atoms with van der Waals surface area (Å²) in [5.41, 5.74) is 0.106. The summed E-state index contributed by atoms with van der Waals surface area (Å²) in [6.07, 6.45) is 4.73. The predicted octanol–water partition coefficient (Wildman–Crippen LogP) is 3.24. The Balaban J connectivity index is 1.70. The van der Waals surface area contributed by atoms with Crippen molar-refractivity contribution in [2.45, 2.75) is 44.2 Å². The number of amides is 1. The maximum atomic E-state index is 13.8. The van der Waals surface area contributed by atoms with Gasteiger partial charge in [0.2, 0.25) is 5.91 Å². The molecule has 5 nitrogen and oxygen atoms in total. The third kappa shape index (κ3) is 3.62. The van der Waals surface area contributed by atoms with E-state index in [-0.39, 0.29) is 24.2 Å².